The van der Waals surface area contributed by atoms with Gasteiger partial charge in [0.15, 0.2) is 0 Å². The van der Waals surface area contributed by atoms with Gasteiger partial charge < -0.3 is 10.2 Å². The second-order valence-electron chi connectivity index (χ2n) is 5.67. The van der Waals surface area contributed by atoms with E-state index in [1.165, 1.54) is 32.4 Å². The molecule has 0 fully saturated rings. The van der Waals surface area contributed by atoms with E-state index < -0.39 is 0 Å². The van der Waals surface area contributed by atoms with Gasteiger partial charge in [0.1, 0.15) is 0 Å². The molecule has 0 radical (unpaired) electrons. The second-order valence-corrected chi connectivity index (χ2v) is 5.67. The van der Waals surface area contributed by atoms with Gasteiger partial charge in [0.25, 0.3) is 0 Å². The van der Waals surface area contributed by atoms with Crippen LogP contribution in [0.15, 0.2) is 0 Å². The van der Waals surface area contributed by atoms with Crippen molar-refractivity contribution in [2.45, 2.75) is 66.0 Å². The number of rotatable bonds is 9. The molecular weight excluding hydrogens is 196 g/mol. The lowest BCUT2D eigenvalue weighted by molar-refractivity contribution is 0.193. The lowest BCUT2D eigenvalue weighted by Gasteiger charge is -2.28. The molecule has 0 spiro atoms. The lowest BCUT2D eigenvalue weighted by Crippen LogP contribution is -2.35. The molecule has 2 heteroatoms. The summed E-state index contributed by atoms with van der Waals surface area (Å²) in [5.41, 5.74) is 0. The van der Waals surface area contributed by atoms with Crippen molar-refractivity contribution < 1.29 is 0 Å². The Labute approximate surface area is 103 Å². The van der Waals surface area contributed by atoms with E-state index in [0.29, 0.717) is 12.1 Å². The molecule has 0 heterocycles. The Morgan fingerprint density at radius 1 is 1.00 bits per heavy atom. The van der Waals surface area contributed by atoms with Crippen LogP contribution in [0.1, 0.15) is 53.9 Å². The zero-order chi connectivity index (χ0) is 12.6. The van der Waals surface area contributed by atoms with E-state index in [9.17, 15) is 0 Å². The average molecular weight is 228 g/mol. The standard InChI is InChI=1S/C14H32N2/c1-12(2)11-16(13(3)4)10-8-7-9-14(5)15-6/h12-15H,7-11H2,1-6H3. The Morgan fingerprint density at radius 2 is 1.62 bits per heavy atom. The largest absolute Gasteiger partial charge is 0.317 e. The molecule has 0 aliphatic heterocycles. The zero-order valence-electron chi connectivity index (χ0n) is 12.2. The van der Waals surface area contributed by atoms with Gasteiger partial charge in [-0.1, -0.05) is 20.3 Å². The van der Waals surface area contributed by atoms with Gasteiger partial charge >= 0.3 is 0 Å². The first kappa shape index (κ1) is 15.9. The van der Waals surface area contributed by atoms with Crippen LogP contribution < -0.4 is 5.32 Å². The van der Waals surface area contributed by atoms with Crippen molar-refractivity contribution >= 4 is 0 Å². The Bertz CT molecular complexity index is 155. The van der Waals surface area contributed by atoms with E-state index in [1.54, 1.807) is 0 Å². The molecule has 0 aromatic rings. The van der Waals surface area contributed by atoms with Crippen molar-refractivity contribution in [3.63, 3.8) is 0 Å². The number of nitrogens with one attached hydrogen (secondary N) is 1. The van der Waals surface area contributed by atoms with E-state index in [1.807, 2.05) is 7.05 Å². The highest BCUT2D eigenvalue weighted by molar-refractivity contribution is 4.66. The minimum atomic E-state index is 0.664. The van der Waals surface area contributed by atoms with Crippen molar-refractivity contribution in [2.75, 3.05) is 20.1 Å². The molecule has 1 unspecified atom stereocenters. The summed E-state index contributed by atoms with van der Waals surface area (Å²) >= 11 is 0. The summed E-state index contributed by atoms with van der Waals surface area (Å²) in [5, 5.41) is 3.29. The first-order valence-electron chi connectivity index (χ1n) is 6.88. The van der Waals surface area contributed by atoms with Crippen molar-refractivity contribution in [1.29, 1.82) is 0 Å². The van der Waals surface area contributed by atoms with Crippen LogP contribution in [0.3, 0.4) is 0 Å². The SMILES string of the molecule is CNC(C)CCCCN(CC(C)C)C(C)C. The molecule has 1 N–H and O–H groups in total. The molecule has 1 atom stereocenters. The lowest BCUT2D eigenvalue weighted by atomic mass is 10.1. The zero-order valence-corrected chi connectivity index (χ0v) is 12.2. The highest BCUT2D eigenvalue weighted by atomic mass is 15.1. The predicted molar refractivity (Wildman–Crippen MR) is 73.9 cm³/mol. The molecule has 0 aliphatic rings. The Morgan fingerprint density at radius 3 is 2.06 bits per heavy atom. The van der Waals surface area contributed by atoms with Gasteiger partial charge in [-0.05, 0) is 53.1 Å². The van der Waals surface area contributed by atoms with Crippen LogP contribution in [-0.2, 0) is 0 Å². The molecule has 0 saturated heterocycles. The third kappa shape index (κ3) is 8.12. The quantitative estimate of drug-likeness (QED) is 0.610. The van der Waals surface area contributed by atoms with E-state index >= 15 is 0 Å². The summed E-state index contributed by atoms with van der Waals surface area (Å²) in [6, 6.07) is 1.35. The molecule has 0 bridgehead atoms. The highest BCUT2D eigenvalue weighted by Gasteiger charge is 2.10. The second kappa shape index (κ2) is 9.00. The molecule has 0 rings (SSSR count). The van der Waals surface area contributed by atoms with E-state index in [2.05, 4.69) is 44.8 Å². The summed E-state index contributed by atoms with van der Waals surface area (Å²) in [4.78, 5) is 2.61. The number of unbranched alkanes of at least 4 members (excludes halogenated alkanes) is 1. The van der Waals surface area contributed by atoms with Gasteiger partial charge in [0.2, 0.25) is 0 Å². The predicted octanol–water partition coefficient (Wildman–Crippen LogP) is 3.13. The fraction of sp³-hybridized carbons (Fsp3) is 1.00. The molecule has 98 valence electrons. The minimum Gasteiger partial charge on any atom is -0.317 e. The van der Waals surface area contributed by atoms with Crippen LogP contribution in [0, 0.1) is 5.92 Å². The molecule has 0 aromatic heterocycles. The fourth-order valence-corrected chi connectivity index (χ4v) is 1.94. The molecule has 0 aromatic carbocycles. The maximum Gasteiger partial charge on any atom is 0.00387 e. The van der Waals surface area contributed by atoms with E-state index in [4.69, 9.17) is 0 Å². The smallest absolute Gasteiger partial charge is 0.00387 e. The Balaban J connectivity index is 3.68. The van der Waals surface area contributed by atoms with Crippen LogP contribution in [0.25, 0.3) is 0 Å². The molecule has 16 heavy (non-hydrogen) atoms. The number of nitrogens with zero attached hydrogens (tertiary/aromatic N) is 1. The average Bonchev–Trinajstić information content (AvgIpc) is 2.21. The monoisotopic (exact) mass is 228 g/mol. The molecular formula is C14H32N2. The number of hydrogen-bond donors (Lipinski definition) is 1. The van der Waals surface area contributed by atoms with Crippen molar-refractivity contribution in [2.24, 2.45) is 5.92 Å². The van der Waals surface area contributed by atoms with Crippen molar-refractivity contribution in [1.82, 2.24) is 10.2 Å². The highest BCUT2D eigenvalue weighted by Crippen LogP contribution is 2.08. The third-order valence-corrected chi connectivity index (χ3v) is 3.16. The first-order valence-corrected chi connectivity index (χ1v) is 6.88. The summed E-state index contributed by atoms with van der Waals surface area (Å²) in [7, 11) is 2.05. The van der Waals surface area contributed by atoms with Gasteiger partial charge in [0, 0.05) is 18.6 Å². The third-order valence-electron chi connectivity index (χ3n) is 3.16. The van der Waals surface area contributed by atoms with Crippen LogP contribution in [0.2, 0.25) is 0 Å². The van der Waals surface area contributed by atoms with Crippen LogP contribution >= 0.6 is 0 Å². The van der Waals surface area contributed by atoms with Crippen molar-refractivity contribution in [3.05, 3.63) is 0 Å². The summed E-state index contributed by atoms with van der Waals surface area (Å²) in [6.07, 6.45) is 3.96. The summed E-state index contributed by atoms with van der Waals surface area (Å²) in [5.74, 6) is 0.777. The fourth-order valence-electron chi connectivity index (χ4n) is 1.94. The van der Waals surface area contributed by atoms with Crippen LogP contribution in [-0.4, -0.2) is 37.1 Å². The van der Waals surface area contributed by atoms with Gasteiger partial charge in [-0.25, -0.2) is 0 Å². The minimum absolute atomic E-state index is 0.664. The normalized spacial score (nSPS) is 14.1. The summed E-state index contributed by atoms with van der Waals surface area (Å²) in [6.45, 7) is 14.0. The van der Waals surface area contributed by atoms with Gasteiger partial charge in [-0.2, -0.15) is 0 Å². The molecule has 0 aliphatic carbocycles. The van der Waals surface area contributed by atoms with E-state index in [-0.39, 0.29) is 0 Å². The van der Waals surface area contributed by atoms with E-state index in [0.717, 1.165) is 5.92 Å². The maximum absolute atomic E-state index is 3.29. The molecule has 0 saturated carbocycles. The topological polar surface area (TPSA) is 15.3 Å². The van der Waals surface area contributed by atoms with Crippen LogP contribution in [0.4, 0.5) is 0 Å². The Hall–Kier alpha value is -0.0800. The van der Waals surface area contributed by atoms with Gasteiger partial charge in [-0.15, -0.1) is 0 Å². The van der Waals surface area contributed by atoms with Crippen LogP contribution in [0.5, 0.6) is 0 Å². The van der Waals surface area contributed by atoms with Crippen molar-refractivity contribution in [3.8, 4) is 0 Å². The Kier molecular flexibility index (Phi) is 8.96. The summed E-state index contributed by atoms with van der Waals surface area (Å²) < 4.78 is 0. The molecule has 0 amide bonds. The molecule has 2 nitrogen and oxygen atoms in total. The maximum atomic E-state index is 3.29. The van der Waals surface area contributed by atoms with Gasteiger partial charge in [0.05, 0.1) is 0 Å². The number of hydrogen-bond acceptors (Lipinski definition) is 2. The van der Waals surface area contributed by atoms with Gasteiger partial charge in [-0.3, -0.25) is 0 Å². The first-order chi connectivity index (χ1) is 7.47.